The highest BCUT2D eigenvalue weighted by molar-refractivity contribution is 5.56. The fourth-order valence-electron chi connectivity index (χ4n) is 1.42. The van der Waals surface area contributed by atoms with Crippen molar-refractivity contribution in [1.29, 1.82) is 0 Å². The van der Waals surface area contributed by atoms with Gasteiger partial charge in [-0.25, -0.2) is 0 Å². The maximum Gasteiger partial charge on any atom is 0.244 e. The molecule has 1 heterocycles. The number of nitrogens with two attached hydrogens (primary N) is 1. The van der Waals surface area contributed by atoms with Gasteiger partial charge in [0, 0.05) is 5.56 Å². The molecule has 2 rings (SSSR count). The molecule has 1 aromatic heterocycles. The number of phenolic OH excluding ortho intramolecular Hbond substituents is 1. The molecule has 0 bridgehead atoms. The second-order valence-corrected chi connectivity index (χ2v) is 4.28. The van der Waals surface area contributed by atoms with Crippen molar-refractivity contribution in [2.75, 3.05) is 0 Å². The molecule has 5 heteroatoms. The quantitative estimate of drug-likeness (QED) is 0.847. The van der Waals surface area contributed by atoms with Gasteiger partial charge in [-0.15, -0.1) is 0 Å². The van der Waals surface area contributed by atoms with Crippen molar-refractivity contribution in [1.82, 2.24) is 10.1 Å². The van der Waals surface area contributed by atoms with E-state index in [1.807, 2.05) is 13.8 Å². The van der Waals surface area contributed by atoms with E-state index in [0.29, 0.717) is 17.3 Å². The summed E-state index contributed by atoms with van der Waals surface area (Å²) < 4.78 is 5.11. The molecule has 0 aliphatic heterocycles. The van der Waals surface area contributed by atoms with Gasteiger partial charge in [0.25, 0.3) is 0 Å². The van der Waals surface area contributed by atoms with Crippen LogP contribution in [0, 0.1) is 5.92 Å². The van der Waals surface area contributed by atoms with Gasteiger partial charge >= 0.3 is 0 Å². The Labute approximate surface area is 99.3 Å². The van der Waals surface area contributed by atoms with E-state index in [2.05, 4.69) is 10.1 Å². The van der Waals surface area contributed by atoms with E-state index in [1.54, 1.807) is 24.3 Å². The van der Waals surface area contributed by atoms with Crippen LogP contribution < -0.4 is 5.73 Å². The van der Waals surface area contributed by atoms with Crippen molar-refractivity contribution >= 4 is 0 Å². The lowest BCUT2D eigenvalue weighted by atomic mass is 10.1. The van der Waals surface area contributed by atoms with Gasteiger partial charge in [-0.05, 0) is 18.1 Å². The van der Waals surface area contributed by atoms with Crippen LogP contribution in [0.3, 0.4) is 0 Å². The van der Waals surface area contributed by atoms with Crippen molar-refractivity contribution in [3.8, 4) is 17.1 Å². The van der Waals surface area contributed by atoms with E-state index in [1.165, 1.54) is 0 Å². The van der Waals surface area contributed by atoms with Crippen LogP contribution in [0.4, 0.5) is 0 Å². The lowest BCUT2D eigenvalue weighted by molar-refractivity contribution is 0.325. The lowest BCUT2D eigenvalue weighted by Crippen LogP contribution is -2.16. The van der Waals surface area contributed by atoms with Crippen LogP contribution in [-0.2, 0) is 0 Å². The van der Waals surface area contributed by atoms with Crippen molar-refractivity contribution in [2.45, 2.75) is 19.9 Å². The molecule has 0 spiro atoms. The average Bonchev–Trinajstić information content (AvgIpc) is 2.77. The standard InChI is InChI=1S/C12H15N3O2/c1-7(2)10(13)12-14-11(15-17-12)8-4-3-5-9(16)6-8/h3-7,10,16H,13H2,1-2H3/t10-/m1/s1. The van der Waals surface area contributed by atoms with Gasteiger partial charge in [0.1, 0.15) is 5.75 Å². The van der Waals surface area contributed by atoms with Crippen LogP contribution in [0.2, 0.25) is 0 Å². The highest BCUT2D eigenvalue weighted by atomic mass is 16.5. The Balaban J connectivity index is 2.30. The molecule has 0 saturated heterocycles. The zero-order valence-electron chi connectivity index (χ0n) is 9.79. The van der Waals surface area contributed by atoms with E-state index >= 15 is 0 Å². The van der Waals surface area contributed by atoms with Crippen LogP contribution in [0.25, 0.3) is 11.4 Å². The third-order valence-corrected chi connectivity index (χ3v) is 2.55. The molecular formula is C12H15N3O2. The van der Waals surface area contributed by atoms with Gasteiger partial charge < -0.3 is 15.4 Å². The summed E-state index contributed by atoms with van der Waals surface area (Å²) in [5.74, 6) is 1.25. The first-order valence-corrected chi connectivity index (χ1v) is 5.46. The highest BCUT2D eigenvalue weighted by Gasteiger charge is 2.18. The Kier molecular flexibility index (Phi) is 3.10. The van der Waals surface area contributed by atoms with Crippen LogP contribution >= 0.6 is 0 Å². The number of hydrogen-bond acceptors (Lipinski definition) is 5. The zero-order valence-corrected chi connectivity index (χ0v) is 9.79. The molecule has 1 atom stereocenters. The molecule has 0 saturated carbocycles. The molecule has 17 heavy (non-hydrogen) atoms. The van der Waals surface area contributed by atoms with Gasteiger partial charge in [0.15, 0.2) is 0 Å². The first-order chi connectivity index (χ1) is 8.08. The average molecular weight is 233 g/mol. The zero-order chi connectivity index (χ0) is 12.4. The van der Waals surface area contributed by atoms with E-state index < -0.39 is 0 Å². The lowest BCUT2D eigenvalue weighted by Gasteiger charge is -2.09. The third kappa shape index (κ3) is 2.45. The fraction of sp³-hybridized carbons (Fsp3) is 0.333. The monoisotopic (exact) mass is 233 g/mol. The van der Waals surface area contributed by atoms with Crippen LogP contribution in [-0.4, -0.2) is 15.2 Å². The Hall–Kier alpha value is -1.88. The number of aromatic nitrogens is 2. The van der Waals surface area contributed by atoms with Crippen molar-refractivity contribution in [3.05, 3.63) is 30.2 Å². The number of aromatic hydroxyl groups is 1. The van der Waals surface area contributed by atoms with Gasteiger partial charge in [-0.2, -0.15) is 4.98 Å². The minimum Gasteiger partial charge on any atom is -0.508 e. The molecule has 0 aliphatic rings. The summed E-state index contributed by atoms with van der Waals surface area (Å²) in [6, 6.07) is 6.42. The topological polar surface area (TPSA) is 85.2 Å². The maximum absolute atomic E-state index is 9.37. The Bertz CT molecular complexity index is 508. The summed E-state index contributed by atoms with van der Waals surface area (Å²) >= 11 is 0. The Morgan fingerprint density at radius 1 is 1.35 bits per heavy atom. The predicted molar refractivity (Wildman–Crippen MR) is 63.2 cm³/mol. The van der Waals surface area contributed by atoms with Crippen molar-refractivity contribution in [3.63, 3.8) is 0 Å². The molecule has 0 amide bonds. The number of phenols is 1. The fourth-order valence-corrected chi connectivity index (χ4v) is 1.42. The van der Waals surface area contributed by atoms with E-state index in [9.17, 15) is 5.11 Å². The van der Waals surface area contributed by atoms with E-state index in [0.717, 1.165) is 0 Å². The first-order valence-electron chi connectivity index (χ1n) is 5.46. The van der Waals surface area contributed by atoms with Gasteiger partial charge in [0.2, 0.25) is 11.7 Å². The number of nitrogens with zero attached hydrogens (tertiary/aromatic N) is 2. The third-order valence-electron chi connectivity index (χ3n) is 2.55. The first kappa shape index (κ1) is 11.6. The largest absolute Gasteiger partial charge is 0.508 e. The highest BCUT2D eigenvalue weighted by Crippen LogP contribution is 2.23. The van der Waals surface area contributed by atoms with Gasteiger partial charge in [-0.3, -0.25) is 0 Å². The second-order valence-electron chi connectivity index (χ2n) is 4.28. The summed E-state index contributed by atoms with van der Waals surface area (Å²) in [4.78, 5) is 4.23. The summed E-state index contributed by atoms with van der Waals surface area (Å²) in [6.07, 6.45) is 0. The van der Waals surface area contributed by atoms with E-state index in [-0.39, 0.29) is 17.7 Å². The maximum atomic E-state index is 9.37. The number of benzene rings is 1. The molecule has 2 aromatic rings. The molecule has 0 aliphatic carbocycles. The molecule has 0 fully saturated rings. The number of rotatable bonds is 3. The van der Waals surface area contributed by atoms with Gasteiger partial charge in [0.05, 0.1) is 6.04 Å². The van der Waals surface area contributed by atoms with Crippen molar-refractivity contribution < 1.29 is 9.63 Å². The van der Waals surface area contributed by atoms with Crippen LogP contribution in [0.5, 0.6) is 5.75 Å². The number of hydrogen-bond donors (Lipinski definition) is 2. The van der Waals surface area contributed by atoms with E-state index in [4.69, 9.17) is 10.3 Å². The van der Waals surface area contributed by atoms with Crippen LogP contribution in [0.15, 0.2) is 28.8 Å². The summed E-state index contributed by atoms with van der Waals surface area (Å²) in [7, 11) is 0. The Morgan fingerprint density at radius 3 is 2.76 bits per heavy atom. The Morgan fingerprint density at radius 2 is 2.12 bits per heavy atom. The second kappa shape index (κ2) is 4.55. The normalized spacial score (nSPS) is 12.9. The molecule has 90 valence electrons. The molecule has 0 radical (unpaired) electrons. The van der Waals surface area contributed by atoms with Crippen LogP contribution in [0.1, 0.15) is 25.8 Å². The molecule has 5 nitrogen and oxygen atoms in total. The molecule has 0 unspecified atom stereocenters. The summed E-state index contributed by atoms with van der Waals surface area (Å²) in [5, 5.41) is 13.2. The minimum atomic E-state index is -0.270. The smallest absolute Gasteiger partial charge is 0.244 e. The van der Waals surface area contributed by atoms with Crippen molar-refractivity contribution in [2.24, 2.45) is 11.7 Å². The molecular weight excluding hydrogens is 218 g/mol. The molecule has 1 aromatic carbocycles. The molecule has 3 N–H and O–H groups in total. The SMILES string of the molecule is CC(C)[C@@H](N)c1nc(-c2cccc(O)c2)no1. The van der Waals surface area contributed by atoms with Gasteiger partial charge in [-0.1, -0.05) is 31.1 Å². The predicted octanol–water partition coefficient (Wildman–Crippen LogP) is 2.10. The summed E-state index contributed by atoms with van der Waals surface area (Å²) in [6.45, 7) is 3.98. The minimum absolute atomic E-state index is 0.169. The summed E-state index contributed by atoms with van der Waals surface area (Å²) in [5.41, 5.74) is 6.62.